The SMILES string of the molecule is FC(F)(F)c1cc(C(F)(F)F)c2c(-c3ccccc3)c[nH]c2c1. The van der Waals surface area contributed by atoms with Gasteiger partial charge in [-0.3, -0.25) is 0 Å². The van der Waals surface area contributed by atoms with Gasteiger partial charge in [0, 0.05) is 22.7 Å². The van der Waals surface area contributed by atoms with Crippen molar-refractivity contribution in [1.29, 1.82) is 0 Å². The fourth-order valence-corrected chi connectivity index (χ4v) is 2.50. The number of hydrogen-bond donors (Lipinski definition) is 1. The van der Waals surface area contributed by atoms with Gasteiger partial charge < -0.3 is 4.98 Å². The average Bonchev–Trinajstić information content (AvgIpc) is 2.89. The Hall–Kier alpha value is -2.44. The van der Waals surface area contributed by atoms with Gasteiger partial charge in [0.1, 0.15) is 0 Å². The van der Waals surface area contributed by atoms with Gasteiger partial charge in [0.2, 0.25) is 0 Å². The molecule has 0 aliphatic rings. The zero-order valence-electron chi connectivity index (χ0n) is 11.4. The van der Waals surface area contributed by atoms with Gasteiger partial charge >= 0.3 is 12.4 Å². The summed E-state index contributed by atoms with van der Waals surface area (Å²) < 4.78 is 78.3. The van der Waals surface area contributed by atoms with Gasteiger partial charge in [-0.05, 0) is 17.7 Å². The number of aromatic nitrogens is 1. The van der Waals surface area contributed by atoms with E-state index in [-0.39, 0.29) is 22.5 Å². The predicted molar refractivity (Wildman–Crippen MR) is 73.7 cm³/mol. The number of rotatable bonds is 1. The normalized spacial score (nSPS) is 12.8. The molecule has 0 aliphatic carbocycles. The molecule has 23 heavy (non-hydrogen) atoms. The van der Waals surface area contributed by atoms with Gasteiger partial charge in [0.25, 0.3) is 0 Å². The summed E-state index contributed by atoms with van der Waals surface area (Å²) in [5, 5.41) is -0.267. The van der Waals surface area contributed by atoms with Crippen molar-refractivity contribution in [3.63, 3.8) is 0 Å². The van der Waals surface area contributed by atoms with Crippen LogP contribution in [0, 0.1) is 0 Å². The molecular weight excluding hydrogens is 320 g/mol. The predicted octanol–water partition coefficient (Wildman–Crippen LogP) is 5.87. The molecular formula is C16H9F6N. The molecule has 3 aromatic rings. The Bertz CT molecular complexity index is 843. The molecule has 120 valence electrons. The minimum atomic E-state index is -4.90. The first-order valence-electron chi connectivity index (χ1n) is 6.53. The van der Waals surface area contributed by atoms with Crippen molar-refractivity contribution in [3.8, 4) is 11.1 Å². The first-order chi connectivity index (χ1) is 10.7. The molecule has 0 atom stereocenters. The molecule has 0 saturated heterocycles. The fraction of sp³-hybridized carbons (Fsp3) is 0.125. The fourth-order valence-electron chi connectivity index (χ4n) is 2.50. The molecule has 0 unspecified atom stereocenters. The van der Waals surface area contributed by atoms with Crippen molar-refractivity contribution in [2.24, 2.45) is 0 Å². The lowest BCUT2D eigenvalue weighted by molar-refractivity contribution is -0.142. The molecule has 0 spiro atoms. The van der Waals surface area contributed by atoms with Gasteiger partial charge in [-0.15, -0.1) is 0 Å². The Morgan fingerprint density at radius 2 is 1.43 bits per heavy atom. The van der Waals surface area contributed by atoms with E-state index in [9.17, 15) is 26.3 Å². The first kappa shape index (κ1) is 15.5. The Morgan fingerprint density at radius 1 is 0.783 bits per heavy atom. The van der Waals surface area contributed by atoms with Gasteiger partial charge in [0.05, 0.1) is 11.1 Å². The van der Waals surface area contributed by atoms with Crippen molar-refractivity contribution in [2.45, 2.75) is 12.4 Å². The third kappa shape index (κ3) is 2.78. The lowest BCUT2D eigenvalue weighted by Crippen LogP contribution is -2.11. The number of halogens is 6. The Labute approximate surface area is 126 Å². The van der Waals surface area contributed by atoms with E-state index in [1.54, 1.807) is 30.3 Å². The molecule has 0 bridgehead atoms. The smallest absolute Gasteiger partial charge is 0.361 e. The molecule has 3 rings (SSSR count). The number of fused-ring (bicyclic) bond motifs is 1. The Kier molecular flexibility index (Phi) is 3.39. The third-order valence-corrected chi connectivity index (χ3v) is 3.50. The van der Waals surface area contributed by atoms with Gasteiger partial charge in [-0.25, -0.2) is 0 Å². The molecule has 1 heterocycles. The zero-order chi connectivity index (χ0) is 16.8. The summed E-state index contributed by atoms with van der Waals surface area (Å²) in [6.07, 6.45) is -8.47. The number of H-pyrrole nitrogens is 1. The monoisotopic (exact) mass is 329 g/mol. The second-order valence-electron chi connectivity index (χ2n) is 5.01. The summed E-state index contributed by atoms with van der Waals surface area (Å²) in [5.41, 5.74) is -2.14. The van der Waals surface area contributed by atoms with E-state index in [2.05, 4.69) is 4.98 Å². The van der Waals surface area contributed by atoms with Crippen LogP contribution < -0.4 is 0 Å². The van der Waals surface area contributed by atoms with Crippen LogP contribution in [0.3, 0.4) is 0 Å². The first-order valence-corrected chi connectivity index (χ1v) is 6.53. The standard InChI is InChI=1S/C16H9F6N/c17-15(18,19)10-6-12(16(20,21)22)14-11(8-23-13(14)7-10)9-4-2-1-3-5-9/h1-8,23H. The molecule has 7 heteroatoms. The second kappa shape index (κ2) is 5.04. The highest BCUT2D eigenvalue weighted by Gasteiger charge is 2.39. The maximum Gasteiger partial charge on any atom is 0.417 e. The number of nitrogens with one attached hydrogen (secondary N) is 1. The van der Waals surface area contributed by atoms with Crippen LogP contribution in [0.2, 0.25) is 0 Å². The van der Waals surface area contributed by atoms with E-state index in [1.165, 1.54) is 6.20 Å². The van der Waals surface area contributed by atoms with Crippen LogP contribution in [-0.2, 0) is 12.4 Å². The van der Waals surface area contributed by atoms with E-state index in [1.807, 2.05) is 0 Å². The van der Waals surface area contributed by atoms with E-state index in [4.69, 9.17) is 0 Å². The summed E-state index contributed by atoms with van der Waals surface area (Å²) in [5.74, 6) is 0. The molecule has 0 saturated carbocycles. The summed E-state index contributed by atoms with van der Waals surface area (Å²) in [7, 11) is 0. The quantitative estimate of drug-likeness (QED) is 0.537. The van der Waals surface area contributed by atoms with Crippen LogP contribution in [0.5, 0.6) is 0 Å². The number of alkyl halides is 6. The van der Waals surface area contributed by atoms with Crippen LogP contribution in [0.4, 0.5) is 26.3 Å². The van der Waals surface area contributed by atoms with E-state index >= 15 is 0 Å². The third-order valence-electron chi connectivity index (χ3n) is 3.50. The Morgan fingerprint density at radius 3 is 2.00 bits per heavy atom. The van der Waals surface area contributed by atoms with E-state index in [0.717, 1.165) is 0 Å². The Balaban J connectivity index is 2.36. The highest BCUT2D eigenvalue weighted by atomic mass is 19.4. The molecule has 1 N–H and O–H groups in total. The summed E-state index contributed by atoms with van der Waals surface area (Å²) >= 11 is 0. The summed E-state index contributed by atoms with van der Waals surface area (Å²) in [4.78, 5) is 2.51. The van der Waals surface area contributed by atoms with Gasteiger partial charge in [-0.1, -0.05) is 30.3 Å². The lowest BCUT2D eigenvalue weighted by atomic mass is 9.98. The maximum atomic E-state index is 13.3. The van der Waals surface area contributed by atoms with E-state index < -0.39 is 23.5 Å². The zero-order valence-corrected chi connectivity index (χ0v) is 11.4. The molecule has 0 amide bonds. The molecule has 0 fully saturated rings. The van der Waals surface area contributed by atoms with Crippen molar-refractivity contribution < 1.29 is 26.3 Å². The largest absolute Gasteiger partial charge is 0.417 e. The molecule has 2 aromatic carbocycles. The van der Waals surface area contributed by atoms with Crippen molar-refractivity contribution >= 4 is 10.9 Å². The van der Waals surface area contributed by atoms with Gasteiger partial charge in [-0.2, -0.15) is 26.3 Å². The van der Waals surface area contributed by atoms with E-state index in [0.29, 0.717) is 11.6 Å². The maximum absolute atomic E-state index is 13.3. The highest BCUT2D eigenvalue weighted by Crippen LogP contribution is 2.43. The number of hydrogen-bond acceptors (Lipinski definition) is 0. The van der Waals surface area contributed by atoms with Crippen molar-refractivity contribution in [3.05, 3.63) is 59.8 Å². The highest BCUT2D eigenvalue weighted by molar-refractivity contribution is 5.98. The van der Waals surface area contributed by atoms with Crippen LogP contribution in [0.1, 0.15) is 11.1 Å². The van der Waals surface area contributed by atoms with Crippen LogP contribution >= 0.6 is 0 Å². The van der Waals surface area contributed by atoms with Gasteiger partial charge in [0.15, 0.2) is 0 Å². The minimum Gasteiger partial charge on any atom is -0.361 e. The second-order valence-corrected chi connectivity index (χ2v) is 5.01. The van der Waals surface area contributed by atoms with Crippen LogP contribution in [-0.4, -0.2) is 4.98 Å². The molecule has 1 aromatic heterocycles. The lowest BCUT2D eigenvalue weighted by Gasteiger charge is -2.14. The summed E-state index contributed by atoms with van der Waals surface area (Å²) in [6.45, 7) is 0. The van der Waals surface area contributed by atoms with Crippen LogP contribution in [0.15, 0.2) is 48.7 Å². The van der Waals surface area contributed by atoms with Crippen molar-refractivity contribution in [2.75, 3.05) is 0 Å². The van der Waals surface area contributed by atoms with Crippen LogP contribution in [0.25, 0.3) is 22.0 Å². The molecule has 0 aliphatic heterocycles. The molecule has 1 nitrogen and oxygen atoms in total. The minimum absolute atomic E-state index is 0.155. The summed E-state index contributed by atoms with van der Waals surface area (Å²) in [6, 6.07) is 9.03. The number of benzene rings is 2. The topological polar surface area (TPSA) is 15.8 Å². The average molecular weight is 329 g/mol. The van der Waals surface area contributed by atoms with Crippen molar-refractivity contribution in [1.82, 2.24) is 4.98 Å². The molecule has 0 radical (unpaired) electrons. The number of aromatic amines is 1.